The van der Waals surface area contributed by atoms with Gasteiger partial charge in [-0.25, -0.2) is 4.79 Å². The van der Waals surface area contributed by atoms with Gasteiger partial charge in [0.05, 0.1) is 23.1 Å². The average molecular weight is 361 g/mol. The fourth-order valence-corrected chi connectivity index (χ4v) is 5.55. The first-order valence-electron chi connectivity index (χ1n) is 9.32. The maximum atomic E-state index is 13.2. The number of carboxylic acid groups (broad SMARTS) is 1. The third kappa shape index (κ3) is 2.27. The van der Waals surface area contributed by atoms with Crippen LogP contribution in [0.15, 0.2) is 54.6 Å². The molecule has 1 N–H and O–H groups in total. The van der Waals surface area contributed by atoms with Gasteiger partial charge in [0.2, 0.25) is 11.8 Å². The average Bonchev–Trinajstić information content (AvgIpc) is 3.34. The smallest absolute Gasteiger partial charge is 0.335 e. The second-order valence-electron chi connectivity index (χ2n) is 7.83. The Morgan fingerprint density at radius 1 is 0.889 bits per heavy atom. The largest absolute Gasteiger partial charge is 0.478 e. The third-order valence-corrected chi connectivity index (χ3v) is 6.62. The van der Waals surface area contributed by atoms with Crippen LogP contribution in [-0.2, 0) is 9.59 Å². The van der Waals surface area contributed by atoms with Crippen molar-refractivity contribution >= 4 is 23.5 Å². The zero-order chi connectivity index (χ0) is 18.7. The Morgan fingerprint density at radius 3 is 2.22 bits per heavy atom. The van der Waals surface area contributed by atoms with Crippen molar-refractivity contribution in [1.29, 1.82) is 0 Å². The zero-order valence-corrected chi connectivity index (χ0v) is 14.6. The number of amides is 2. The molecule has 1 heterocycles. The maximum Gasteiger partial charge on any atom is 0.335 e. The van der Waals surface area contributed by atoms with E-state index in [1.807, 2.05) is 18.2 Å². The minimum atomic E-state index is -1.03. The number of aromatic carboxylic acids is 1. The number of hydrogen-bond acceptors (Lipinski definition) is 3. The Balaban J connectivity index is 1.46. The van der Waals surface area contributed by atoms with E-state index in [9.17, 15) is 14.4 Å². The summed E-state index contributed by atoms with van der Waals surface area (Å²) < 4.78 is 0. The third-order valence-electron chi connectivity index (χ3n) is 6.62. The molecule has 2 amide bonds. The maximum absolute atomic E-state index is 13.2. The van der Waals surface area contributed by atoms with E-state index in [4.69, 9.17) is 5.11 Å². The molecule has 0 radical (unpaired) electrons. The number of carbonyl (C=O) groups excluding carboxylic acids is 2. The van der Waals surface area contributed by atoms with Crippen molar-refractivity contribution in [2.75, 3.05) is 4.90 Å². The van der Waals surface area contributed by atoms with Gasteiger partial charge in [0.25, 0.3) is 0 Å². The number of anilines is 1. The first-order valence-corrected chi connectivity index (χ1v) is 9.32. The minimum absolute atomic E-state index is 0.118. The highest BCUT2D eigenvalue weighted by molar-refractivity contribution is 6.22. The van der Waals surface area contributed by atoms with Gasteiger partial charge in [0, 0.05) is 0 Å². The number of carbonyl (C=O) groups is 3. The summed E-state index contributed by atoms with van der Waals surface area (Å²) in [5, 5.41) is 9.04. The molecule has 5 nitrogen and oxygen atoms in total. The predicted molar refractivity (Wildman–Crippen MR) is 98.3 cm³/mol. The number of benzene rings is 2. The first-order chi connectivity index (χ1) is 13.1. The predicted octanol–water partition coefficient (Wildman–Crippen LogP) is 3.31. The molecule has 1 saturated heterocycles. The van der Waals surface area contributed by atoms with Crippen LogP contribution in [0.3, 0.4) is 0 Å². The van der Waals surface area contributed by atoms with Crippen molar-refractivity contribution in [3.63, 3.8) is 0 Å². The lowest BCUT2D eigenvalue weighted by atomic mass is 9.73. The summed E-state index contributed by atoms with van der Waals surface area (Å²) in [7, 11) is 0. The van der Waals surface area contributed by atoms with Crippen LogP contribution >= 0.6 is 0 Å². The lowest BCUT2D eigenvalue weighted by Crippen LogP contribution is -2.33. The van der Waals surface area contributed by atoms with Crippen molar-refractivity contribution in [2.45, 2.75) is 18.8 Å². The Hall–Kier alpha value is -2.95. The molecule has 0 unspecified atom stereocenters. The molecular weight excluding hydrogens is 342 g/mol. The van der Waals surface area contributed by atoms with Crippen molar-refractivity contribution in [1.82, 2.24) is 0 Å². The van der Waals surface area contributed by atoms with E-state index >= 15 is 0 Å². The SMILES string of the molecule is O=C(O)c1ccc(N2C(=O)[C@@H]3[C@@H]4C[C@@H]([C@@H]3C2=O)[C@@H](c2ccccc2)C4)cc1. The van der Waals surface area contributed by atoms with Crippen LogP contribution in [0.25, 0.3) is 0 Å². The lowest BCUT2D eigenvalue weighted by molar-refractivity contribution is -0.123. The molecule has 5 rings (SSSR count). The lowest BCUT2D eigenvalue weighted by Gasteiger charge is -2.28. The summed E-state index contributed by atoms with van der Waals surface area (Å²) in [6.07, 6.45) is 1.90. The number of hydrogen-bond donors (Lipinski definition) is 1. The van der Waals surface area contributed by atoms with Crippen molar-refractivity contribution in [2.24, 2.45) is 23.7 Å². The normalized spacial score (nSPS) is 31.4. The van der Waals surface area contributed by atoms with Gasteiger partial charge < -0.3 is 5.11 Å². The quantitative estimate of drug-likeness (QED) is 0.851. The molecule has 5 atom stereocenters. The number of nitrogens with zero attached hydrogens (tertiary/aromatic N) is 1. The van der Waals surface area contributed by atoms with Gasteiger partial charge >= 0.3 is 5.97 Å². The summed E-state index contributed by atoms with van der Waals surface area (Å²) >= 11 is 0. The van der Waals surface area contributed by atoms with E-state index in [1.54, 1.807) is 12.1 Å². The summed E-state index contributed by atoms with van der Waals surface area (Å²) in [5.74, 6) is -0.938. The van der Waals surface area contributed by atoms with Gasteiger partial charge in [-0.3, -0.25) is 14.5 Å². The monoisotopic (exact) mass is 361 g/mol. The van der Waals surface area contributed by atoms with Crippen LogP contribution < -0.4 is 4.90 Å². The molecule has 0 aromatic heterocycles. The van der Waals surface area contributed by atoms with E-state index in [0.29, 0.717) is 11.6 Å². The molecule has 2 aromatic carbocycles. The first kappa shape index (κ1) is 16.2. The molecule has 27 heavy (non-hydrogen) atoms. The highest BCUT2D eigenvalue weighted by Crippen LogP contribution is 2.61. The minimum Gasteiger partial charge on any atom is -0.478 e. The molecule has 2 saturated carbocycles. The van der Waals surface area contributed by atoms with E-state index in [2.05, 4.69) is 12.1 Å². The van der Waals surface area contributed by atoms with E-state index in [-0.39, 0.29) is 41.0 Å². The van der Waals surface area contributed by atoms with Crippen LogP contribution in [0.5, 0.6) is 0 Å². The van der Waals surface area contributed by atoms with E-state index < -0.39 is 5.97 Å². The number of fused-ring (bicyclic) bond motifs is 5. The van der Waals surface area contributed by atoms with E-state index in [1.165, 1.54) is 22.6 Å². The zero-order valence-electron chi connectivity index (χ0n) is 14.6. The molecule has 0 spiro atoms. The number of carboxylic acids is 1. The van der Waals surface area contributed by atoms with Gasteiger partial charge in [0.1, 0.15) is 0 Å². The van der Waals surface area contributed by atoms with Crippen LogP contribution in [-0.4, -0.2) is 22.9 Å². The van der Waals surface area contributed by atoms with Crippen LogP contribution in [0.2, 0.25) is 0 Å². The Labute approximate surface area is 156 Å². The molecule has 2 aromatic rings. The summed E-state index contributed by atoms with van der Waals surface area (Å²) in [6, 6.07) is 16.3. The van der Waals surface area contributed by atoms with Gasteiger partial charge in [-0.15, -0.1) is 0 Å². The fraction of sp³-hybridized carbons (Fsp3) is 0.318. The van der Waals surface area contributed by atoms with Crippen molar-refractivity contribution in [3.8, 4) is 0 Å². The Kier molecular flexibility index (Phi) is 3.47. The molecule has 3 fully saturated rings. The van der Waals surface area contributed by atoms with Gasteiger partial charge in [-0.1, -0.05) is 30.3 Å². The molecule has 2 bridgehead atoms. The second-order valence-corrected chi connectivity index (χ2v) is 7.83. The topological polar surface area (TPSA) is 74.7 Å². The molecular formula is C22H19NO4. The molecule has 3 aliphatic rings. The Morgan fingerprint density at radius 2 is 1.56 bits per heavy atom. The van der Waals surface area contributed by atoms with Gasteiger partial charge in [-0.2, -0.15) is 0 Å². The van der Waals surface area contributed by atoms with Gasteiger partial charge in [0.15, 0.2) is 0 Å². The van der Waals surface area contributed by atoms with Crippen LogP contribution in [0.4, 0.5) is 5.69 Å². The summed E-state index contributed by atoms with van der Waals surface area (Å²) in [4.78, 5) is 38.5. The molecule has 136 valence electrons. The number of imide groups is 1. The summed E-state index contributed by atoms with van der Waals surface area (Å²) in [6.45, 7) is 0. The highest BCUT2D eigenvalue weighted by Gasteiger charge is 2.64. The summed E-state index contributed by atoms with van der Waals surface area (Å²) in [5.41, 5.74) is 1.87. The van der Waals surface area contributed by atoms with Crippen LogP contribution in [0, 0.1) is 23.7 Å². The van der Waals surface area contributed by atoms with E-state index in [0.717, 1.165) is 12.8 Å². The highest BCUT2D eigenvalue weighted by atomic mass is 16.4. The van der Waals surface area contributed by atoms with Crippen molar-refractivity contribution < 1.29 is 19.5 Å². The standard InChI is InChI=1S/C22H19NO4/c24-20-18-14-10-16(12-4-2-1-3-5-12)17(11-14)19(18)21(25)23(20)15-8-6-13(7-9-15)22(26)27/h1-9,14,16-19H,10-11H2,(H,26,27)/t14-,16+,17+,18+,19-/m0/s1. The van der Waals surface area contributed by atoms with Crippen molar-refractivity contribution in [3.05, 3.63) is 65.7 Å². The molecule has 1 aliphatic heterocycles. The fourth-order valence-electron chi connectivity index (χ4n) is 5.55. The van der Waals surface area contributed by atoms with Gasteiger partial charge in [-0.05, 0) is 60.4 Å². The second kappa shape index (κ2) is 5.78. The Bertz CT molecular complexity index is 937. The molecule has 5 heteroatoms. The van der Waals surface area contributed by atoms with Crippen LogP contribution in [0.1, 0.15) is 34.7 Å². The number of rotatable bonds is 3. The molecule has 2 aliphatic carbocycles.